The molecule has 0 amide bonds. The Morgan fingerprint density at radius 1 is 1.34 bits per heavy atom. The van der Waals surface area contributed by atoms with Crippen molar-refractivity contribution in [1.82, 2.24) is 14.3 Å². The Morgan fingerprint density at radius 2 is 2.14 bits per heavy atom. The van der Waals surface area contributed by atoms with Crippen LogP contribution in [0.15, 0.2) is 73.7 Å². The third-order valence-corrected chi connectivity index (χ3v) is 6.44. The first kappa shape index (κ1) is 21.1. The topological polar surface area (TPSA) is 69.3 Å². The fraction of sp³-hybridized carbons (Fsp3) is 0.318. The molecule has 0 radical (unpaired) electrons. The molecule has 0 aliphatic carbocycles. The van der Waals surface area contributed by atoms with Crippen molar-refractivity contribution < 1.29 is 8.42 Å². The summed E-state index contributed by atoms with van der Waals surface area (Å²) in [5.74, 6) is 0. The summed E-state index contributed by atoms with van der Waals surface area (Å²) in [6.45, 7) is 9.09. The minimum Gasteiger partial charge on any atom is -0.361 e. The van der Waals surface area contributed by atoms with Gasteiger partial charge in [0.1, 0.15) is 0 Å². The SMILES string of the molecule is C=C/C=C(\C=C)CCC1CN(S(C)(=O)=O)Cc2ccccc2N1Cc1cnc[nH]1. The van der Waals surface area contributed by atoms with Gasteiger partial charge in [0.05, 0.1) is 24.8 Å². The molecule has 0 fully saturated rings. The van der Waals surface area contributed by atoms with Crippen molar-refractivity contribution in [2.24, 2.45) is 0 Å². The fourth-order valence-electron chi connectivity index (χ4n) is 3.72. The summed E-state index contributed by atoms with van der Waals surface area (Å²) in [6.07, 6.45) is 11.9. The Kier molecular flexibility index (Phi) is 6.71. The molecular formula is C22H28N4O2S. The van der Waals surface area contributed by atoms with Crippen molar-refractivity contribution >= 4 is 15.7 Å². The number of hydrogen-bond acceptors (Lipinski definition) is 4. The van der Waals surface area contributed by atoms with Gasteiger partial charge in [-0.05, 0) is 30.0 Å². The minimum atomic E-state index is -3.33. The molecule has 2 heterocycles. The van der Waals surface area contributed by atoms with E-state index in [1.54, 1.807) is 16.7 Å². The maximum atomic E-state index is 12.5. The second-order valence-electron chi connectivity index (χ2n) is 7.26. The lowest BCUT2D eigenvalue weighted by atomic mass is 10.0. The molecule has 2 aromatic rings. The first-order valence-electron chi connectivity index (χ1n) is 9.63. The van der Waals surface area contributed by atoms with Crippen molar-refractivity contribution in [3.8, 4) is 0 Å². The molecule has 1 aliphatic rings. The highest BCUT2D eigenvalue weighted by Gasteiger charge is 2.31. The van der Waals surface area contributed by atoms with Gasteiger partial charge in [0.15, 0.2) is 0 Å². The number of aromatic nitrogens is 2. The van der Waals surface area contributed by atoms with E-state index in [0.717, 1.165) is 35.4 Å². The number of sulfonamides is 1. The number of hydrogen-bond donors (Lipinski definition) is 1. The monoisotopic (exact) mass is 412 g/mol. The van der Waals surface area contributed by atoms with Gasteiger partial charge in [0.2, 0.25) is 10.0 Å². The van der Waals surface area contributed by atoms with Crippen LogP contribution in [0.2, 0.25) is 0 Å². The standard InChI is InChI=1S/C22H28N4O2S/c1-4-8-18(5-2)11-12-21-16-25(29(3,27)28)14-19-9-6-7-10-22(19)26(21)15-20-13-23-17-24-20/h4-10,13,17,21H,1-2,11-12,14-16H2,3H3,(H,23,24)/b18-8+. The quantitative estimate of drug-likeness (QED) is 0.672. The number of para-hydroxylation sites is 1. The van der Waals surface area contributed by atoms with Crippen LogP contribution >= 0.6 is 0 Å². The van der Waals surface area contributed by atoms with Crippen LogP contribution in [0.3, 0.4) is 0 Å². The Bertz CT molecular complexity index is 980. The molecule has 1 N–H and O–H groups in total. The van der Waals surface area contributed by atoms with Crippen LogP contribution in [0.4, 0.5) is 5.69 Å². The minimum absolute atomic E-state index is 0.00448. The molecule has 1 atom stereocenters. The molecule has 0 saturated carbocycles. The number of nitrogens with zero attached hydrogens (tertiary/aromatic N) is 3. The van der Waals surface area contributed by atoms with E-state index < -0.39 is 10.0 Å². The largest absolute Gasteiger partial charge is 0.361 e. The van der Waals surface area contributed by atoms with Crippen molar-refractivity contribution in [2.45, 2.75) is 32.0 Å². The van der Waals surface area contributed by atoms with Gasteiger partial charge < -0.3 is 9.88 Å². The van der Waals surface area contributed by atoms with E-state index in [1.165, 1.54) is 6.26 Å². The third-order valence-electron chi connectivity index (χ3n) is 5.23. The van der Waals surface area contributed by atoms with Crippen LogP contribution in [0, 0.1) is 0 Å². The molecule has 154 valence electrons. The van der Waals surface area contributed by atoms with Crippen LogP contribution in [0.25, 0.3) is 0 Å². The smallest absolute Gasteiger partial charge is 0.211 e. The van der Waals surface area contributed by atoms with Gasteiger partial charge in [-0.1, -0.05) is 49.6 Å². The maximum absolute atomic E-state index is 12.5. The molecule has 1 unspecified atom stereocenters. The Hall–Kier alpha value is -2.64. The molecule has 0 saturated heterocycles. The van der Waals surface area contributed by atoms with Crippen molar-refractivity contribution in [1.29, 1.82) is 0 Å². The van der Waals surface area contributed by atoms with E-state index in [9.17, 15) is 8.42 Å². The molecule has 1 aromatic heterocycles. The van der Waals surface area contributed by atoms with E-state index in [1.807, 2.05) is 36.5 Å². The van der Waals surface area contributed by atoms with Gasteiger partial charge >= 0.3 is 0 Å². The number of H-pyrrole nitrogens is 1. The molecule has 7 heteroatoms. The van der Waals surface area contributed by atoms with E-state index in [4.69, 9.17) is 0 Å². The number of aromatic amines is 1. The van der Waals surface area contributed by atoms with Crippen LogP contribution in [-0.2, 0) is 23.1 Å². The van der Waals surface area contributed by atoms with Gasteiger partial charge in [-0.2, -0.15) is 4.31 Å². The summed E-state index contributed by atoms with van der Waals surface area (Å²) < 4.78 is 26.5. The summed E-state index contributed by atoms with van der Waals surface area (Å²) >= 11 is 0. The van der Waals surface area contributed by atoms with E-state index in [0.29, 0.717) is 19.6 Å². The first-order valence-corrected chi connectivity index (χ1v) is 11.5. The lowest BCUT2D eigenvalue weighted by Gasteiger charge is -2.34. The molecule has 1 aromatic carbocycles. The molecule has 29 heavy (non-hydrogen) atoms. The number of anilines is 1. The zero-order valence-corrected chi connectivity index (χ0v) is 17.6. The molecule has 0 spiro atoms. The second kappa shape index (κ2) is 9.24. The van der Waals surface area contributed by atoms with Crippen LogP contribution in [0.5, 0.6) is 0 Å². The summed E-state index contributed by atoms with van der Waals surface area (Å²) in [6, 6.07) is 8.03. The number of fused-ring (bicyclic) bond motifs is 1. The predicted octanol–water partition coefficient (Wildman–Crippen LogP) is 3.64. The highest BCUT2D eigenvalue weighted by atomic mass is 32.2. The van der Waals surface area contributed by atoms with E-state index in [2.05, 4.69) is 34.1 Å². The Balaban J connectivity index is 1.99. The zero-order valence-electron chi connectivity index (χ0n) is 16.8. The van der Waals surface area contributed by atoms with Gasteiger partial charge in [0.25, 0.3) is 0 Å². The molecule has 6 nitrogen and oxygen atoms in total. The lowest BCUT2D eigenvalue weighted by molar-refractivity contribution is 0.373. The molecule has 3 rings (SSSR count). The van der Waals surface area contributed by atoms with Crippen molar-refractivity contribution in [2.75, 3.05) is 17.7 Å². The first-order chi connectivity index (χ1) is 13.9. The summed E-state index contributed by atoms with van der Waals surface area (Å²) in [7, 11) is -3.33. The third kappa shape index (κ3) is 5.25. The van der Waals surface area contributed by atoms with Crippen LogP contribution < -0.4 is 4.90 Å². The predicted molar refractivity (Wildman–Crippen MR) is 118 cm³/mol. The van der Waals surface area contributed by atoms with E-state index >= 15 is 0 Å². The normalized spacial score (nSPS) is 18.2. The number of imidazole rings is 1. The fourth-order valence-corrected chi connectivity index (χ4v) is 4.53. The second-order valence-corrected chi connectivity index (χ2v) is 9.25. The van der Waals surface area contributed by atoms with E-state index in [-0.39, 0.29) is 6.04 Å². The van der Waals surface area contributed by atoms with Crippen LogP contribution in [0.1, 0.15) is 24.1 Å². The number of allylic oxidation sites excluding steroid dienone is 4. The Morgan fingerprint density at radius 3 is 2.79 bits per heavy atom. The molecular weight excluding hydrogens is 384 g/mol. The zero-order chi connectivity index (χ0) is 20.9. The van der Waals surface area contributed by atoms with Gasteiger partial charge in [0, 0.05) is 31.0 Å². The molecule has 1 aliphatic heterocycles. The van der Waals surface area contributed by atoms with Gasteiger partial charge in [-0.3, -0.25) is 0 Å². The summed E-state index contributed by atoms with van der Waals surface area (Å²) in [5.41, 5.74) is 4.14. The van der Waals surface area contributed by atoms with Gasteiger partial charge in [-0.15, -0.1) is 0 Å². The van der Waals surface area contributed by atoms with Crippen molar-refractivity contribution in [3.63, 3.8) is 0 Å². The lowest BCUT2D eigenvalue weighted by Crippen LogP contribution is -2.43. The Labute approximate surface area is 173 Å². The average Bonchev–Trinajstić information content (AvgIpc) is 3.14. The summed E-state index contributed by atoms with van der Waals surface area (Å²) in [4.78, 5) is 9.60. The summed E-state index contributed by atoms with van der Waals surface area (Å²) in [5, 5.41) is 0. The number of benzene rings is 1. The number of nitrogens with one attached hydrogen (secondary N) is 1. The van der Waals surface area contributed by atoms with Gasteiger partial charge in [-0.25, -0.2) is 13.4 Å². The average molecular weight is 413 g/mol. The number of rotatable bonds is 8. The highest BCUT2D eigenvalue weighted by Crippen LogP contribution is 2.32. The highest BCUT2D eigenvalue weighted by molar-refractivity contribution is 7.88. The maximum Gasteiger partial charge on any atom is 0.211 e. The van der Waals surface area contributed by atoms with Crippen molar-refractivity contribution in [3.05, 3.63) is 85.0 Å². The molecule has 0 bridgehead atoms. The van der Waals surface area contributed by atoms with Crippen LogP contribution in [-0.4, -0.2) is 41.5 Å².